The summed E-state index contributed by atoms with van der Waals surface area (Å²) in [5.74, 6) is 0. The van der Waals surface area contributed by atoms with Crippen LogP contribution in [0.25, 0.3) is 0 Å². The summed E-state index contributed by atoms with van der Waals surface area (Å²) in [6.07, 6.45) is 1.89. The molecule has 0 heterocycles. The number of aliphatic hydroxyl groups is 2. The van der Waals surface area contributed by atoms with Gasteiger partial charge in [0.1, 0.15) is 0 Å². The molecule has 0 bridgehead atoms. The Morgan fingerprint density at radius 2 is 1.50 bits per heavy atom. The van der Waals surface area contributed by atoms with Crippen molar-refractivity contribution in [1.82, 2.24) is 4.90 Å². The van der Waals surface area contributed by atoms with Crippen molar-refractivity contribution in [2.24, 2.45) is 5.73 Å². The fourth-order valence-electron chi connectivity index (χ4n) is 1.94. The maximum atomic E-state index is 8.95. The number of nitrogens with two attached hydrogens (primary N) is 1. The second-order valence-corrected chi connectivity index (χ2v) is 3.57. The summed E-state index contributed by atoms with van der Waals surface area (Å²) < 4.78 is 0. The van der Waals surface area contributed by atoms with Gasteiger partial charge in [0.15, 0.2) is 0 Å². The number of nitrogens with zero attached hydrogens (tertiary/aromatic N) is 1. The molecule has 0 atom stereocenters. The molecular weight excluding hydrogens is 180 g/mol. The third kappa shape index (κ3) is 3.20. The summed E-state index contributed by atoms with van der Waals surface area (Å²) >= 11 is 0. The van der Waals surface area contributed by atoms with Crippen LogP contribution in [-0.4, -0.2) is 53.5 Å². The second kappa shape index (κ2) is 7.17. The maximum Gasteiger partial charge on any atom is 0.0558 e. The third-order valence-corrected chi connectivity index (χ3v) is 3.11. The van der Waals surface area contributed by atoms with Gasteiger partial charge in [-0.05, 0) is 12.8 Å². The van der Waals surface area contributed by atoms with E-state index in [0.29, 0.717) is 19.6 Å². The molecule has 0 amide bonds. The van der Waals surface area contributed by atoms with Crippen LogP contribution in [-0.2, 0) is 0 Å². The lowest BCUT2D eigenvalue weighted by atomic mass is 9.90. The Labute approximate surface area is 86.7 Å². The number of hydrogen-bond acceptors (Lipinski definition) is 4. The van der Waals surface area contributed by atoms with Crippen molar-refractivity contribution in [1.29, 1.82) is 0 Å². The van der Waals surface area contributed by atoms with Gasteiger partial charge in [0.05, 0.1) is 13.2 Å². The van der Waals surface area contributed by atoms with Crippen molar-refractivity contribution in [2.45, 2.75) is 32.2 Å². The average molecular weight is 204 g/mol. The molecule has 0 fully saturated rings. The predicted octanol–water partition coefficient (Wildman–Crippen LogP) is -0.209. The number of aliphatic hydroxyl groups excluding tert-OH is 2. The van der Waals surface area contributed by atoms with Gasteiger partial charge in [0, 0.05) is 25.2 Å². The Morgan fingerprint density at radius 1 is 1.07 bits per heavy atom. The molecule has 4 N–H and O–H groups in total. The van der Waals surface area contributed by atoms with Gasteiger partial charge in [-0.3, -0.25) is 4.90 Å². The first kappa shape index (κ1) is 13.8. The van der Waals surface area contributed by atoms with Gasteiger partial charge in [-0.2, -0.15) is 0 Å². The largest absolute Gasteiger partial charge is 0.395 e. The molecule has 0 saturated heterocycles. The van der Waals surface area contributed by atoms with Crippen molar-refractivity contribution in [3.05, 3.63) is 0 Å². The van der Waals surface area contributed by atoms with Crippen molar-refractivity contribution >= 4 is 0 Å². The molecule has 86 valence electrons. The standard InChI is InChI=1S/C10H24N2O2/c1-3-10(4-2,9-11)12(5-7-13)6-8-14/h13-14H,3-9,11H2,1-2H3. The molecular formula is C10H24N2O2. The minimum Gasteiger partial charge on any atom is -0.395 e. The van der Waals surface area contributed by atoms with Gasteiger partial charge < -0.3 is 15.9 Å². The van der Waals surface area contributed by atoms with E-state index in [2.05, 4.69) is 18.7 Å². The SMILES string of the molecule is CCC(CC)(CN)N(CCO)CCO. The average Bonchev–Trinajstić information content (AvgIpc) is 2.22. The molecule has 0 radical (unpaired) electrons. The van der Waals surface area contributed by atoms with Crippen LogP contribution in [0, 0.1) is 0 Å². The summed E-state index contributed by atoms with van der Waals surface area (Å²) in [7, 11) is 0. The lowest BCUT2D eigenvalue weighted by molar-refractivity contribution is 0.0487. The molecule has 0 aromatic carbocycles. The Morgan fingerprint density at radius 3 is 1.71 bits per heavy atom. The molecule has 0 saturated carbocycles. The lowest BCUT2D eigenvalue weighted by Gasteiger charge is -2.42. The highest BCUT2D eigenvalue weighted by Gasteiger charge is 2.30. The van der Waals surface area contributed by atoms with E-state index in [0.717, 1.165) is 12.8 Å². The lowest BCUT2D eigenvalue weighted by Crippen LogP contribution is -2.55. The van der Waals surface area contributed by atoms with Crippen molar-refractivity contribution in [2.75, 3.05) is 32.8 Å². The summed E-state index contributed by atoms with van der Waals surface area (Å²) in [6.45, 7) is 6.15. The molecule has 4 heteroatoms. The van der Waals surface area contributed by atoms with Crippen LogP contribution in [0.3, 0.4) is 0 Å². The number of β-amino-alcohol motifs (C(OH)–C–C–N with tert-alkyl or cyclic N) is 2. The monoisotopic (exact) mass is 204 g/mol. The fourth-order valence-corrected chi connectivity index (χ4v) is 1.94. The molecule has 0 aliphatic heterocycles. The van der Waals surface area contributed by atoms with Gasteiger partial charge >= 0.3 is 0 Å². The minimum absolute atomic E-state index is 0.0640. The summed E-state index contributed by atoms with van der Waals surface area (Å²) in [6, 6.07) is 0. The van der Waals surface area contributed by atoms with E-state index >= 15 is 0 Å². The van der Waals surface area contributed by atoms with E-state index in [4.69, 9.17) is 15.9 Å². The van der Waals surface area contributed by atoms with E-state index in [-0.39, 0.29) is 18.8 Å². The highest BCUT2D eigenvalue weighted by atomic mass is 16.3. The zero-order valence-corrected chi connectivity index (χ0v) is 9.37. The predicted molar refractivity (Wildman–Crippen MR) is 58.1 cm³/mol. The van der Waals surface area contributed by atoms with Crippen LogP contribution in [0.4, 0.5) is 0 Å². The van der Waals surface area contributed by atoms with Gasteiger partial charge in [0.25, 0.3) is 0 Å². The zero-order valence-electron chi connectivity index (χ0n) is 9.37. The molecule has 0 aliphatic rings. The van der Waals surface area contributed by atoms with Gasteiger partial charge in [0.2, 0.25) is 0 Å². The number of rotatable bonds is 8. The molecule has 0 aliphatic carbocycles. The molecule has 0 spiro atoms. The van der Waals surface area contributed by atoms with E-state index in [1.165, 1.54) is 0 Å². The van der Waals surface area contributed by atoms with Crippen LogP contribution in [0.2, 0.25) is 0 Å². The summed E-state index contributed by atoms with van der Waals surface area (Å²) in [4.78, 5) is 2.09. The smallest absolute Gasteiger partial charge is 0.0558 e. The number of hydrogen-bond donors (Lipinski definition) is 3. The van der Waals surface area contributed by atoms with Crippen LogP contribution in [0.5, 0.6) is 0 Å². The van der Waals surface area contributed by atoms with Crippen LogP contribution < -0.4 is 5.73 Å². The van der Waals surface area contributed by atoms with E-state index in [9.17, 15) is 0 Å². The Balaban J connectivity index is 4.52. The molecule has 4 nitrogen and oxygen atoms in total. The van der Waals surface area contributed by atoms with Crippen LogP contribution in [0.1, 0.15) is 26.7 Å². The van der Waals surface area contributed by atoms with Crippen molar-refractivity contribution in [3.63, 3.8) is 0 Å². The van der Waals surface area contributed by atoms with Gasteiger partial charge in [-0.1, -0.05) is 13.8 Å². The minimum atomic E-state index is -0.0640. The van der Waals surface area contributed by atoms with Crippen molar-refractivity contribution in [3.8, 4) is 0 Å². The first-order valence-corrected chi connectivity index (χ1v) is 5.37. The third-order valence-electron chi connectivity index (χ3n) is 3.11. The Kier molecular flexibility index (Phi) is 7.09. The topological polar surface area (TPSA) is 69.7 Å². The molecule has 0 rings (SSSR count). The second-order valence-electron chi connectivity index (χ2n) is 3.57. The Bertz CT molecular complexity index is 124. The van der Waals surface area contributed by atoms with E-state index in [1.54, 1.807) is 0 Å². The molecule has 14 heavy (non-hydrogen) atoms. The first-order valence-electron chi connectivity index (χ1n) is 5.37. The van der Waals surface area contributed by atoms with Crippen LogP contribution >= 0.6 is 0 Å². The zero-order chi connectivity index (χ0) is 11.0. The summed E-state index contributed by atoms with van der Waals surface area (Å²) in [5.41, 5.74) is 5.72. The van der Waals surface area contributed by atoms with Gasteiger partial charge in [-0.15, -0.1) is 0 Å². The van der Waals surface area contributed by atoms with Gasteiger partial charge in [-0.25, -0.2) is 0 Å². The van der Waals surface area contributed by atoms with E-state index in [1.807, 2.05) is 0 Å². The molecule has 0 aromatic heterocycles. The summed E-state index contributed by atoms with van der Waals surface area (Å²) in [5, 5.41) is 17.9. The quantitative estimate of drug-likeness (QED) is 0.512. The Hall–Kier alpha value is -0.160. The van der Waals surface area contributed by atoms with Crippen molar-refractivity contribution < 1.29 is 10.2 Å². The highest BCUT2D eigenvalue weighted by molar-refractivity contribution is 4.89. The first-order chi connectivity index (χ1) is 6.70. The molecule has 0 unspecified atom stereocenters. The maximum absolute atomic E-state index is 8.95. The fraction of sp³-hybridized carbons (Fsp3) is 1.00. The molecule has 0 aromatic rings. The van der Waals surface area contributed by atoms with Crippen LogP contribution in [0.15, 0.2) is 0 Å². The van der Waals surface area contributed by atoms with E-state index < -0.39 is 0 Å². The normalized spacial score (nSPS) is 12.4. The highest BCUT2D eigenvalue weighted by Crippen LogP contribution is 2.22.